The maximum atomic E-state index is 12.2. The molecule has 0 saturated carbocycles. The number of benzene rings is 1. The number of rotatable bonds is 4. The molecule has 112 valence electrons. The van der Waals surface area contributed by atoms with Crippen molar-refractivity contribution in [1.82, 2.24) is 4.98 Å². The lowest BCUT2D eigenvalue weighted by Crippen LogP contribution is -2.15. The van der Waals surface area contributed by atoms with E-state index in [0.29, 0.717) is 5.69 Å². The van der Waals surface area contributed by atoms with Crippen LogP contribution in [0.5, 0.6) is 0 Å². The Balaban J connectivity index is 2.50. The Hall–Kier alpha value is -1.77. The number of carboxylic acid groups (broad SMARTS) is 1. The van der Waals surface area contributed by atoms with Crippen molar-refractivity contribution in [2.45, 2.75) is 11.8 Å². The number of hydrogen-bond donors (Lipinski definition) is 2. The summed E-state index contributed by atoms with van der Waals surface area (Å²) >= 11 is 11.5. The predicted octanol–water partition coefficient (Wildman–Crippen LogP) is 2.79. The van der Waals surface area contributed by atoms with E-state index in [2.05, 4.69) is 9.71 Å². The molecule has 0 spiro atoms. The number of sulfonamides is 1. The van der Waals surface area contributed by atoms with Crippen molar-refractivity contribution in [2.75, 3.05) is 4.72 Å². The molecule has 2 rings (SSSR count). The van der Waals surface area contributed by atoms with Crippen LogP contribution in [-0.4, -0.2) is 24.5 Å². The topological polar surface area (TPSA) is 110 Å². The van der Waals surface area contributed by atoms with Crippen LogP contribution in [-0.2, 0) is 10.0 Å². The number of halogens is 2. The van der Waals surface area contributed by atoms with Gasteiger partial charge in [-0.2, -0.15) is 4.98 Å². The Bertz CT molecular complexity index is 816. The number of aromatic carboxylic acids is 1. The van der Waals surface area contributed by atoms with E-state index in [-0.39, 0.29) is 11.0 Å². The van der Waals surface area contributed by atoms with Crippen LogP contribution in [0.15, 0.2) is 27.7 Å². The fourth-order valence-corrected chi connectivity index (χ4v) is 3.36. The zero-order valence-corrected chi connectivity index (χ0v) is 12.8. The van der Waals surface area contributed by atoms with Gasteiger partial charge in [-0.25, -0.2) is 17.9 Å². The molecule has 0 aliphatic carbocycles. The lowest BCUT2D eigenvalue weighted by molar-refractivity contribution is 0.0697. The van der Waals surface area contributed by atoms with Gasteiger partial charge in [-0.05, 0) is 19.1 Å². The van der Waals surface area contributed by atoms with E-state index in [1.54, 1.807) is 6.92 Å². The van der Waals surface area contributed by atoms with E-state index >= 15 is 0 Å². The van der Waals surface area contributed by atoms with E-state index in [0.717, 1.165) is 12.1 Å². The fraction of sp³-hybridized carbons (Fsp3) is 0.0909. The van der Waals surface area contributed by atoms with Crippen LogP contribution < -0.4 is 4.72 Å². The quantitative estimate of drug-likeness (QED) is 0.877. The molecule has 0 saturated heterocycles. The molecule has 2 N–H and O–H groups in total. The van der Waals surface area contributed by atoms with Gasteiger partial charge in [0.05, 0.1) is 21.3 Å². The second-order valence-corrected chi connectivity index (χ2v) is 6.38. The molecular formula is C11H8Cl2N2O5S. The smallest absolute Gasteiger partial charge is 0.338 e. The number of aryl methyl sites for hydroxylation is 1. The van der Waals surface area contributed by atoms with Gasteiger partial charge in [0.1, 0.15) is 11.2 Å². The summed E-state index contributed by atoms with van der Waals surface area (Å²) in [6, 6.07) is 1.97. The third kappa shape index (κ3) is 3.12. The van der Waals surface area contributed by atoms with E-state index in [1.807, 2.05) is 0 Å². The number of carboxylic acids is 1. The van der Waals surface area contributed by atoms with Crippen LogP contribution in [0, 0.1) is 6.92 Å². The van der Waals surface area contributed by atoms with Gasteiger partial charge >= 0.3 is 12.0 Å². The summed E-state index contributed by atoms with van der Waals surface area (Å²) in [5, 5.41) is 8.35. The maximum absolute atomic E-state index is 12.2. The van der Waals surface area contributed by atoms with Crippen molar-refractivity contribution in [3.05, 3.63) is 39.7 Å². The molecule has 0 aliphatic rings. The number of anilines is 1. The van der Waals surface area contributed by atoms with Gasteiger partial charge in [0, 0.05) is 0 Å². The minimum Gasteiger partial charge on any atom is -0.478 e. The number of nitrogens with one attached hydrogen (secondary N) is 1. The van der Waals surface area contributed by atoms with Gasteiger partial charge in [0.25, 0.3) is 10.0 Å². The molecule has 0 atom stereocenters. The zero-order chi connectivity index (χ0) is 15.8. The van der Waals surface area contributed by atoms with Crippen LogP contribution in [0.25, 0.3) is 0 Å². The summed E-state index contributed by atoms with van der Waals surface area (Å²) in [7, 11) is -4.16. The second-order valence-electron chi connectivity index (χ2n) is 3.94. The zero-order valence-electron chi connectivity index (χ0n) is 10.4. The maximum Gasteiger partial charge on any atom is 0.338 e. The average molecular weight is 351 g/mol. The SMILES string of the molecule is Cc1coc(NS(=O)(=O)c2ccc(Cl)c(C(=O)O)c2Cl)n1. The van der Waals surface area contributed by atoms with Crippen molar-refractivity contribution in [3.8, 4) is 0 Å². The van der Waals surface area contributed by atoms with Gasteiger partial charge in [-0.15, -0.1) is 0 Å². The number of aromatic nitrogens is 1. The number of oxazole rings is 1. The minimum atomic E-state index is -4.16. The summed E-state index contributed by atoms with van der Waals surface area (Å²) in [4.78, 5) is 14.4. The first-order valence-corrected chi connectivity index (χ1v) is 7.62. The van der Waals surface area contributed by atoms with Crippen molar-refractivity contribution in [1.29, 1.82) is 0 Å². The summed E-state index contributed by atoms with van der Waals surface area (Å²) in [6.07, 6.45) is 1.25. The van der Waals surface area contributed by atoms with E-state index in [9.17, 15) is 13.2 Å². The van der Waals surface area contributed by atoms with Crippen molar-refractivity contribution in [2.24, 2.45) is 0 Å². The molecule has 0 aliphatic heterocycles. The van der Waals surface area contributed by atoms with Crippen molar-refractivity contribution < 1.29 is 22.7 Å². The van der Waals surface area contributed by atoms with E-state index < -0.39 is 31.5 Å². The Kier molecular flexibility index (Phi) is 4.13. The first-order chi connectivity index (χ1) is 9.72. The molecule has 0 bridgehead atoms. The molecule has 1 aromatic carbocycles. The standard InChI is InChI=1S/C11H8Cl2N2O5S/c1-5-4-20-11(14-5)15-21(18,19)7-3-2-6(12)8(9(7)13)10(16)17/h2-4H,1H3,(H,14,15)(H,16,17). The Morgan fingerprint density at radius 3 is 2.57 bits per heavy atom. The minimum absolute atomic E-state index is 0.168. The summed E-state index contributed by atoms with van der Waals surface area (Å²) in [5.41, 5.74) is -0.0223. The molecule has 0 radical (unpaired) electrons. The molecule has 1 heterocycles. The third-order valence-corrected chi connectivity index (χ3v) is 4.58. The largest absolute Gasteiger partial charge is 0.478 e. The van der Waals surface area contributed by atoms with E-state index in [1.165, 1.54) is 6.26 Å². The highest BCUT2D eigenvalue weighted by Gasteiger charge is 2.25. The average Bonchev–Trinajstić information content (AvgIpc) is 2.72. The van der Waals surface area contributed by atoms with Crippen molar-refractivity contribution in [3.63, 3.8) is 0 Å². The summed E-state index contributed by atoms with van der Waals surface area (Å²) in [6.45, 7) is 1.61. The first-order valence-electron chi connectivity index (χ1n) is 5.38. The highest BCUT2D eigenvalue weighted by molar-refractivity contribution is 7.92. The first kappa shape index (κ1) is 15.6. The van der Waals surface area contributed by atoms with Crippen LogP contribution in [0.1, 0.15) is 16.1 Å². The highest BCUT2D eigenvalue weighted by Crippen LogP contribution is 2.31. The summed E-state index contributed by atoms with van der Waals surface area (Å²) in [5.74, 6) is -1.44. The Labute approximate surface area is 129 Å². The molecule has 0 unspecified atom stereocenters. The fourth-order valence-electron chi connectivity index (χ4n) is 1.51. The van der Waals surface area contributed by atoms with Gasteiger partial charge in [-0.3, -0.25) is 0 Å². The molecule has 0 amide bonds. The van der Waals surface area contributed by atoms with Crippen molar-refractivity contribution >= 4 is 45.2 Å². The van der Waals surface area contributed by atoms with Gasteiger partial charge in [0.15, 0.2) is 0 Å². The Morgan fingerprint density at radius 2 is 2.05 bits per heavy atom. The monoisotopic (exact) mass is 350 g/mol. The van der Waals surface area contributed by atoms with Gasteiger partial charge in [0.2, 0.25) is 0 Å². The van der Waals surface area contributed by atoms with Gasteiger partial charge < -0.3 is 9.52 Å². The van der Waals surface area contributed by atoms with E-state index in [4.69, 9.17) is 32.7 Å². The lowest BCUT2D eigenvalue weighted by Gasteiger charge is -2.09. The number of hydrogen-bond acceptors (Lipinski definition) is 5. The molecule has 21 heavy (non-hydrogen) atoms. The lowest BCUT2D eigenvalue weighted by atomic mass is 10.2. The molecule has 10 heteroatoms. The van der Waals surface area contributed by atoms with Gasteiger partial charge in [-0.1, -0.05) is 23.2 Å². The number of carbonyl (C=O) groups is 1. The second kappa shape index (κ2) is 5.55. The van der Waals surface area contributed by atoms with Crippen LogP contribution in [0.4, 0.5) is 6.01 Å². The summed E-state index contributed by atoms with van der Waals surface area (Å²) < 4.78 is 31.3. The van der Waals surface area contributed by atoms with Crippen LogP contribution >= 0.6 is 23.2 Å². The molecular weight excluding hydrogens is 343 g/mol. The Morgan fingerprint density at radius 1 is 1.38 bits per heavy atom. The molecule has 0 fully saturated rings. The normalized spacial score (nSPS) is 11.4. The molecule has 1 aromatic heterocycles. The highest BCUT2D eigenvalue weighted by atomic mass is 35.5. The predicted molar refractivity (Wildman–Crippen MR) is 75.5 cm³/mol. The third-order valence-electron chi connectivity index (χ3n) is 2.40. The van der Waals surface area contributed by atoms with Crippen LogP contribution in [0.3, 0.4) is 0 Å². The molecule has 2 aromatic rings. The molecule has 7 nitrogen and oxygen atoms in total. The van der Waals surface area contributed by atoms with Crippen LogP contribution in [0.2, 0.25) is 10.0 Å². The number of nitrogens with zero attached hydrogens (tertiary/aromatic N) is 1.